The highest BCUT2D eigenvalue weighted by atomic mass is 16.5. The van der Waals surface area contributed by atoms with E-state index in [2.05, 4.69) is 36.3 Å². The minimum Gasteiger partial charge on any atom is -0.379 e. The van der Waals surface area contributed by atoms with E-state index in [0.29, 0.717) is 0 Å². The molecule has 0 atom stereocenters. The lowest BCUT2D eigenvalue weighted by molar-refractivity contribution is 0.0991. The molecule has 0 aliphatic carbocycles. The third kappa shape index (κ3) is 9.92. The van der Waals surface area contributed by atoms with Crippen LogP contribution < -0.4 is 5.32 Å². The Morgan fingerprint density at radius 3 is 2.21 bits per heavy atom. The lowest BCUT2D eigenvalue weighted by atomic mass is 10.5. The lowest BCUT2D eigenvalue weighted by Gasteiger charge is -2.16. The Labute approximate surface area is 88.2 Å². The van der Waals surface area contributed by atoms with Crippen molar-refractivity contribution in [2.24, 2.45) is 0 Å². The summed E-state index contributed by atoms with van der Waals surface area (Å²) in [6.07, 6.45) is 0. The van der Waals surface area contributed by atoms with Gasteiger partial charge < -0.3 is 19.9 Å². The largest absolute Gasteiger partial charge is 0.379 e. The molecule has 0 aliphatic rings. The van der Waals surface area contributed by atoms with Crippen LogP contribution in [0.3, 0.4) is 0 Å². The third-order valence-electron chi connectivity index (χ3n) is 2.04. The van der Waals surface area contributed by atoms with Crippen LogP contribution in [-0.2, 0) is 4.74 Å². The van der Waals surface area contributed by atoms with Gasteiger partial charge in [0.1, 0.15) is 0 Å². The minimum atomic E-state index is 0.826. The summed E-state index contributed by atoms with van der Waals surface area (Å²) in [5.74, 6) is 0. The van der Waals surface area contributed by atoms with E-state index in [0.717, 1.165) is 39.4 Å². The fourth-order valence-corrected chi connectivity index (χ4v) is 0.984. The van der Waals surface area contributed by atoms with Crippen molar-refractivity contribution in [3.63, 3.8) is 0 Å². The maximum Gasteiger partial charge on any atom is 0.0593 e. The van der Waals surface area contributed by atoms with E-state index in [-0.39, 0.29) is 0 Å². The van der Waals surface area contributed by atoms with Gasteiger partial charge in [-0.25, -0.2) is 0 Å². The Hall–Kier alpha value is -0.160. The van der Waals surface area contributed by atoms with E-state index >= 15 is 0 Å². The Morgan fingerprint density at radius 1 is 1.00 bits per heavy atom. The van der Waals surface area contributed by atoms with Gasteiger partial charge in [0, 0.05) is 26.2 Å². The van der Waals surface area contributed by atoms with Gasteiger partial charge in [0.25, 0.3) is 0 Å². The Balaban J connectivity index is 3.10. The Bertz CT molecular complexity index is 120. The van der Waals surface area contributed by atoms with Gasteiger partial charge in [-0.2, -0.15) is 0 Å². The van der Waals surface area contributed by atoms with Crippen LogP contribution >= 0.6 is 0 Å². The summed E-state index contributed by atoms with van der Waals surface area (Å²) in [5, 5.41) is 3.13. The van der Waals surface area contributed by atoms with Gasteiger partial charge in [-0.15, -0.1) is 0 Å². The molecule has 0 unspecified atom stereocenters. The summed E-state index contributed by atoms with van der Waals surface area (Å²) in [4.78, 5) is 4.40. The van der Waals surface area contributed by atoms with Gasteiger partial charge in [0.2, 0.25) is 0 Å². The average molecular weight is 203 g/mol. The van der Waals surface area contributed by atoms with Gasteiger partial charge in [0.15, 0.2) is 0 Å². The van der Waals surface area contributed by atoms with E-state index in [1.54, 1.807) is 0 Å². The molecule has 4 heteroatoms. The van der Waals surface area contributed by atoms with Gasteiger partial charge in [-0.3, -0.25) is 0 Å². The lowest BCUT2D eigenvalue weighted by Crippen LogP contribution is -2.30. The second kappa shape index (κ2) is 9.40. The molecule has 0 bridgehead atoms. The topological polar surface area (TPSA) is 27.7 Å². The summed E-state index contributed by atoms with van der Waals surface area (Å²) < 4.78 is 5.49. The number of nitrogens with one attached hydrogen (secondary N) is 1. The highest BCUT2D eigenvalue weighted by molar-refractivity contribution is 4.52. The van der Waals surface area contributed by atoms with Gasteiger partial charge in [0.05, 0.1) is 13.2 Å². The van der Waals surface area contributed by atoms with Crippen LogP contribution in [0.25, 0.3) is 0 Å². The van der Waals surface area contributed by atoms with Crippen molar-refractivity contribution in [1.82, 2.24) is 15.1 Å². The molecule has 0 saturated carbocycles. The van der Waals surface area contributed by atoms with Crippen LogP contribution in [0.4, 0.5) is 0 Å². The first kappa shape index (κ1) is 13.8. The van der Waals surface area contributed by atoms with Crippen molar-refractivity contribution in [2.45, 2.75) is 0 Å². The molecule has 0 spiro atoms. The van der Waals surface area contributed by atoms with E-state index in [9.17, 15) is 0 Å². The van der Waals surface area contributed by atoms with Gasteiger partial charge in [-0.1, -0.05) is 0 Å². The quantitative estimate of drug-likeness (QED) is 0.522. The first-order chi connectivity index (χ1) is 6.66. The first-order valence-corrected chi connectivity index (χ1v) is 5.22. The predicted molar refractivity (Wildman–Crippen MR) is 60.8 cm³/mol. The fraction of sp³-hybridized carbons (Fsp3) is 1.00. The van der Waals surface area contributed by atoms with Crippen LogP contribution in [0, 0.1) is 0 Å². The molecular formula is C10H25N3O. The highest BCUT2D eigenvalue weighted by Crippen LogP contribution is 1.83. The zero-order valence-electron chi connectivity index (χ0n) is 10.0. The van der Waals surface area contributed by atoms with E-state index in [1.165, 1.54) is 0 Å². The van der Waals surface area contributed by atoms with Crippen LogP contribution in [-0.4, -0.2) is 77.4 Å². The van der Waals surface area contributed by atoms with Crippen LogP contribution in [0.5, 0.6) is 0 Å². The molecule has 0 aliphatic heterocycles. The van der Waals surface area contributed by atoms with Gasteiger partial charge in [-0.05, 0) is 28.2 Å². The summed E-state index contributed by atoms with van der Waals surface area (Å²) in [6.45, 7) is 5.78. The zero-order chi connectivity index (χ0) is 10.8. The standard InChI is InChI=1S/C10H25N3O/c1-11-5-6-13(4)8-10-14-9-7-12(2)3/h11H,5-10H2,1-4H3. The Kier molecular flexibility index (Phi) is 9.29. The number of nitrogens with zero attached hydrogens (tertiary/aromatic N) is 2. The van der Waals surface area contributed by atoms with Crippen molar-refractivity contribution in [1.29, 1.82) is 0 Å². The summed E-state index contributed by atoms with van der Waals surface area (Å²) in [5.41, 5.74) is 0. The molecule has 4 nitrogen and oxygen atoms in total. The fourth-order valence-electron chi connectivity index (χ4n) is 0.984. The molecular weight excluding hydrogens is 178 g/mol. The number of rotatable bonds is 9. The molecule has 14 heavy (non-hydrogen) atoms. The van der Waals surface area contributed by atoms with Crippen LogP contribution in [0.1, 0.15) is 0 Å². The normalized spacial score (nSPS) is 11.6. The summed E-state index contributed by atoms with van der Waals surface area (Å²) >= 11 is 0. The molecule has 0 radical (unpaired) electrons. The van der Waals surface area contributed by atoms with Crippen molar-refractivity contribution in [3.05, 3.63) is 0 Å². The molecule has 0 fully saturated rings. The second-order valence-electron chi connectivity index (χ2n) is 3.82. The van der Waals surface area contributed by atoms with E-state index in [1.807, 2.05) is 7.05 Å². The smallest absolute Gasteiger partial charge is 0.0593 e. The predicted octanol–water partition coefficient (Wildman–Crippen LogP) is -0.284. The molecule has 0 aromatic carbocycles. The second-order valence-corrected chi connectivity index (χ2v) is 3.82. The van der Waals surface area contributed by atoms with Crippen molar-refractivity contribution in [3.8, 4) is 0 Å². The van der Waals surface area contributed by atoms with E-state index < -0.39 is 0 Å². The molecule has 86 valence electrons. The van der Waals surface area contributed by atoms with Crippen molar-refractivity contribution >= 4 is 0 Å². The first-order valence-electron chi connectivity index (χ1n) is 5.22. The highest BCUT2D eigenvalue weighted by Gasteiger charge is 1.96. The summed E-state index contributed by atoms with van der Waals surface area (Å²) in [6, 6.07) is 0. The number of hydrogen-bond acceptors (Lipinski definition) is 4. The van der Waals surface area contributed by atoms with Crippen LogP contribution in [0.2, 0.25) is 0 Å². The molecule has 1 N–H and O–H groups in total. The monoisotopic (exact) mass is 203 g/mol. The minimum absolute atomic E-state index is 0.826. The molecule has 0 aromatic rings. The maximum absolute atomic E-state index is 5.49. The SMILES string of the molecule is CNCCN(C)CCOCCN(C)C. The molecule has 0 heterocycles. The van der Waals surface area contributed by atoms with E-state index in [4.69, 9.17) is 4.74 Å². The Morgan fingerprint density at radius 2 is 1.64 bits per heavy atom. The molecule has 0 amide bonds. The maximum atomic E-state index is 5.49. The van der Waals surface area contributed by atoms with Gasteiger partial charge >= 0.3 is 0 Å². The van der Waals surface area contributed by atoms with Crippen molar-refractivity contribution < 1.29 is 4.74 Å². The number of likely N-dealkylation sites (N-methyl/N-ethyl adjacent to an activating group) is 3. The molecule has 0 saturated heterocycles. The average Bonchev–Trinajstić information content (AvgIpc) is 2.13. The van der Waals surface area contributed by atoms with Crippen LogP contribution in [0.15, 0.2) is 0 Å². The number of hydrogen-bond donors (Lipinski definition) is 1. The molecule has 0 aromatic heterocycles. The third-order valence-corrected chi connectivity index (χ3v) is 2.04. The molecule has 0 rings (SSSR count). The van der Waals surface area contributed by atoms with Crippen molar-refractivity contribution in [2.75, 3.05) is 67.6 Å². The summed E-state index contributed by atoms with van der Waals surface area (Å²) in [7, 11) is 8.21. The number of ether oxygens (including phenoxy) is 1. The zero-order valence-corrected chi connectivity index (χ0v) is 10.0.